The lowest BCUT2D eigenvalue weighted by molar-refractivity contribution is -0.123. The lowest BCUT2D eigenvalue weighted by Crippen LogP contribution is -2.33. The molecule has 0 bridgehead atoms. The van der Waals surface area contributed by atoms with Gasteiger partial charge in [-0.05, 0) is 29.8 Å². The molecular formula is C16H13ClF2N2O2. The molecule has 0 aliphatic heterocycles. The quantitative estimate of drug-likeness (QED) is 0.880. The Morgan fingerprint density at radius 2 is 1.70 bits per heavy atom. The van der Waals surface area contributed by atoms with E-state index in [1.165, 1.54) is 0 Å². The topological polar surface area (TPSA) is 58.2 Å². The number of carbonyl (C=O) groups excluding carboxylic acids is 2. The molecule has 0 fully saturated rings. The Kier molecular flexibility index (Phi) is 5.65. The summed E-state index contributed by atoms with van der Waals surface area (Å²) in [5.41, 5.74) is 0.597. The molecule has 23 heavy (non-hydrogen) atoms. The number of anilines is 1. The predicted molar refractivity (Wildman–Crippen MR) is 83.2 cm³/mol. The van der Waals surface area contributed by atoms with Gasteiger partial charge in [0.25, 0.3) is 0 Å². The van der Waals surface area contributed by atoms with Crippen molar-refractivity contribution in [2.24, 2.45) is 0 Å². The molecule has 7 heteroatoms. The smallest absolute Gasteiger partial charge is 0.243 e. The van der Waals surface area contributed by atoms with Crippen molar-refractivity contribution in [3.63, 3.8) is 0 Å². The van der Waals surface area contributed by atoms with Gasteiger partial charge in [-0.25, -0.2) is 8.78 Å². The fourth-order valence-corrected chi connectivity index (χ4v) is 1.94. The molecule has 0 unspecified atom stereocenters. The van der Waals surface area contributed by atoms with Crippen molar-refractivity contribution in [3.05, 3.63) is 64.7 Å². The maximum atomic E-state index is 13.4. The lowest BCUT2D eigenvalue weighted by atomic mass is 10.1. The number of carbonyl (C=O) groups is 2. The van der Waals surface area contributed by atoms with Gasteiger partial charge in [-0.3, -0.25) is 9.59 Å². The van der Waals surface area contributed by atoms with Crippen molar-refractivity contribution in [2.45, 2.75) is 6.42 Å². The van der Waals surface area contributed by atoms with Gasteiger partial charge in [0, 0.05) is 11.1 Å². The molecule has 0 saturated heterocycles. The second-order valence-corrected chi connectivity index (χ2v) is 5.19. The number of amides is 2. The summed E-state index contributed by atoms with van der Waals surface area (Å²) < 4.78 is 26.1. The zero-order chi connectivity index (χ0) is 16.8. The average Bonchev–Trinajstić information content (AvgIpc) is 2.50. The first-order valence-corrected chi connectivity index (χ1v) is 7.08. The largest absolute Gasteiger partial charge is 0.347 e. The van der Waals surface area contributed by atoms with Crippen molar-refractivity contribution >= 4 is 29.1 Å². The van der Waals surface area contributed by atoms with Gasteiger partial charge in [-0.1, -0.05) is 23.7 Å². The Morgan fingerprint density at radius 3 is 2.35 bits per heavy atom. The lowest BCUT2D eigenvalue weighted by Gasteiger charge is -2.08. The van der Waals surface area contributed by atoms with E-state index < -0.39 is 17.5 Å². The molecule has 2 amide bonds. The van der Waals surface area contributed by atoms with Crippen LogP contribution in [0.2, 0.25) is 5.02 Å². The van der Waals surface area contributed by atoms with Gasteiger partial charge in [0.05, 0.1) is 18.7 Å². The molecule has 0 heterocycles. The second kappa shape index (κ2) is 7.69. The van der Waals surface area contributed by atoms with Crippen LogP contribution in [0, 0.1) is 11.6 Å². The molecule has 0 radical (unpaired) electrons. The van der Waals surface area contributed by atoms with Gasteiger partial charge in [0.1, 0.15) is 11.6 Å². The first-order chi connectivity index (χ1) is 10.9. The van der Waals surface area contributed by atoms with E-state index in [1.807, 2.05) is 0 Å². The molecule has 2 N–H and O–H groups in total. The minimum Gasteiger partial charge on any atom is -0.347 e. The molecule has 4 nitrogen and oxygen atoms in total. The van der Waals surface area contributed by atoms with Gasteiger partial charge in [0.15, 0.2) is 0 Å². The van der Waals surface area contributed by atoms with E-state index in [1.54, 1.807) is 24.3 Å². The van der Waals surface area contributed by atoms with E-state index in [0.29, 0.717) is 11.1 Å². The van der Waals surface area contributed by atoms with Gasteiger partial charge in [-0.2, -0.15) is 0 Å². The highest BCUT2D eigenvalue weighted by Crippen LogP contribution is 2.14. The number of halogens is 3. The van der Waals surface area contributed by atoms with E-state index in [4.69, 9.17) is 11.6 Å². The van der Waals surface area contributed by atoms with Gasteiger partial charge >= 0.3 is 0 Å². The summed E-state index contributed by atoms with van der Waals surface area (Å²) in [5.74, 6) is -2.59. The van der Waals surface area contributed by atoms with Crippen LogP contribution in [0.15, 0.2) is 42.5 Å². The summed E-state index contributed by atoms with van der Waals surface area (Å²) in [6.45, 7) is -0.316. The SMILES string of the molecule is O=C(Cc1ccc(Cl)cc1)NCC(=O)Nc1ccc(F)cc1F. The number of nitrogens with one attached hydrogen (secondary N) is 2. The zero-order valence-corrected chi connectivity index (χ0v) is 12.7. The average molecular weight is 339 g/mol. The highest BCUT2D eigenvalue weighted by Gasteiger charge is 2.10. The molecule has 2 rings (SSSR count). The third-order valence-electron chi connectivity index (χ3n) is 2.93. The van der Waals surface area contributed by atoms with Crippen LogP contribution in [0.3, 0.4) is 0 Å². The van der Waals surface area contributed by atoms with E-state index >= 15 is 0 Å². The minimum atomic E-state index is -0.883. The molecular weight excluding hydrogens is 326 g/mol. The van der Waals surface area contributed by atoms with E-state index in [9.17, 15) is 18.4 Å². The highest BCUT2D eigenvalue weighted by atomic mass is 35.5. The number of hydrogen-bond donors (Lipinski definition) is 2. The summed E-state index contributed by atoms with van der Waals surface area (Å²) in [5, 5.41) is 5.23. The Labute approximate surface area is 136 Å². The van der Waals surface area contributed by atoms with E-state index in [0.717, 1.165) is 17.7 Å². The standard InChI is InChI=1S/C16H13ClF2N2O2/c17-11-3-1-10(2-4-11)7-15(22)20-9-16(23)21-14-6-5-12(18)8-13(14)19/h1-6,8H,7,9H2,(H,20,22)(H,21,23). The fraction of sp³-hybridized carbons (Fsp3) is 0.125. The van der Waals surface area contributed by atoms with Crippen molar-refractivity contribution in [1.82, 2.24) is 5.32 Å². The zero-order valence-electron chi connectivity index (χ0n) is 11.9. The highest BCUT2D eigenvalue weighted by molar-refractivity contribution is 6.30. The normalized spacial score (nSPS) is 10.2. The van der Waals surface area contributed by atoms with Crippen LogP contribution in [-0.2, 0) is 16.0 Å². The Bertz CT molecular complexity index is 721. The monoisotopic (exact) mass is 338 g/mol. The molecule has 0 aliphatic rings. The van der Waals surface area contributed by atoms with E-state index in [2.05, 4.69) is 10.6 Å². The molecule has 2 aromatic rings. The molecule has 0 saturated carbocycles. The second-order valence-electron chi connectivity index (χ2n) is 4.75. The Morgan fingerprint density at radius 1 is 1.00 bits per heavy atom. The summed E-state index contributed by atoms with van der Waals surface area (Å²) in [7, 11) is 0. The summed E-state index contributed by atoms with van der Waals surface area (Å²) in [4.78, 5) is 23.4. The Hall–Kier alpha value is -2.47. The first-order valence-electron chi connectivity index (χ1n) is 6.70. The van der Waals surface area contributed by atoms with Crippen LogP contribution in [-0.4, -0.2) is 18.4 Å². The van der Waals surface area contributed by atoms with Gasteiger partial charge < -0.3 is 10.6 Å². The van der Waals surface area contributed by atoms with Crippen LogP contribution in [0.25, 0.3) is 0 Å². The molecule has 0 spiro atoms. The van der Waals surface area contributed by atoms with Crippen molar-refractivity contribution in [1.29, 1.82) is 0 Å². The third-order valence-corrected chi connectivity index (χ3v) is 3.18. The van der Waals surface area contributed by atoms with Gasteiger partial charge in [0.2, 0.25) is 11.8 Å². The maximum absolute atomic E-state index is 13.4. The molecule has 0 aliphatic carbocycles. The van der Waals surface area contributed by atoms with Crippen molar-refractivity contribution in [3.8, 4) is 0 Å². The molecule has 0 aromatic heterocycles. The van der Waals surface area contributed by atoms with Crippen LogP contribution >= 0.6 is 11.6 Å². The molecule has 120 valence electrons. The first kappa shape index (κ1) is 16.9. The fourth-order valence-electron chi connectivity index (χ4n) is 1.81. The number of rotatable bonds is 5. The summed E-state index contributed by atoms with van der Waals surface area (Å²) in [6.07, 6.45) is 0.0926. The molecule has 2 aromatic carbocycles. The Balaban J connectivity index is 1.81. The van der Waals surface area contributed by atoms with Crippen LogP contribution in [0.5, 0.6) is 0 Å². The summed E-state index contributed by atoms with van der Waals surface area (Å²) in [6, 6.07) is 9.53. The van der Waals surface area contributed by atoms with Gasteiger partial charge in [-0.15, -0.1) is 0 Å². The summed E-state index contributed by atoms with van der Waals surface area (Å²) >= 11 is 5.74. The van der Waals surface area contributed by atoms with Crippen LogP contribution < -0.4 is 10.6 Å². The minimum absolute atomic E-state index is 0.0926. The number of hydrogen-bond acceptors (Lipinski definition) is 2. The molecule has 0 atom stereocenters. The van der Waals surface area contributed by atoms with Crippen molar-refractivity contribution < 1.29 is 18.4 Å². The maximum Gasteiger partial charge on any atom is 0.243 e. The van der Waals surface area contributed by atoms with E-state index in [-0.39, 0.29) is 24.6 Å². The van der Waals surface area contributed by atoms with Crippen LogP contribution in [0.4, 0.5) is 14.5 Å². The number of benzene rings is 2. The predicted octanol–water partition coefficient (Wildman–Crippen LogP) is 2.92. The van der Waals surface area contributed by atoms with Crippen LogP contribution in [0.1, 0.15) is 5.56 Å². The third kappa shape index (κ3) is 5.34. The van der Waals surface area contributed by atoms with Crippen molar-refractivity contribution in [2.75, 3.05) is 11.9 Å².